The molecule has 2 unspecified atom stereocenters. The maximum atomic E-state index is 14.0. The molecule has 27 heavy (non-hydrogen) atoms. The van der Waals surface area contributed by atoms with E-state index in [4.69, 9.17) is 9.47 Å². The number of rotatable bonds is 12. The molecule has 2 nitrogen and oxygen atoms in total. The van der Waals surface area contributed by atoms with Crippen molar-refractivity contribution >= 4 is 0 Å². The van der Waals surface area contributed by atoms with Gasteiger partial charge in [0.2, 0.25) is 11.6 Å². The summed E-state index contributed by atoms with van der Waals surface area (Å²) in [6, 6.07) is 2.70. The van der Waals surface area contributed by atoms with Crippen LogP contribution in [0.5, 0.6) is 11.5 Å². The van der Waals surface area contributed by atoms with Gasteiger partial charge in [0.25, 0.3) is 0 Å². The van der Waals surface area contributed by atoms with Crippen molar-refractivity contribution in [1.82, 2.24) is 0 Å². The third-order valence-electron chi connectivity index (χ3n) is 4.35. The molecule has 148 valence electrons. The van der Waals surface area contributed by atoms with Crippen LogP contribution in [0.2, 0.25) is 0 Å². The topological polar surface area (TPSA) is 18.5 Å². The molecule has 0 aromatic heterocycles. The van der Waals surface area contributed by atoms with Crippen molar-refractivity contribution in [3.05, 3.63) is 72.9 Å². The number of benzene rings is 1. The summed E-state index contributed by atoms with van der Waals surface area (Å²) in [5, 5.41) is 0. The van der Waals surface area contributed by atoms with Gasteiger partial charge in [-0.15, -0.1) is 6.58 Å². The minimum atomic E-state index is -1.06. The van der Waals surface area contributed by atoms with Crippen LogP contribution in [0.15, 0.2) is 61.2 Å². The molecule has 0 heterocycles. The van der Waals surface area contributed by atoms with E-state index in [0.29, 0.717) is 17.4 Å². The summed E-state index contributed by atoms with van der Waals surface area (Å²) >= 11 is 0. The fourth-order valence-electron chi connectivity index (χ4n) is 2.32. The molecule has 0 saturated heterocycles. The van der Waals surface area contributed by atoms with Crippen LogP contribution in [0.3, 0.4) is 0 Å². The highest BCUT2D eigenvalue weighted by Crippen LogP contribution is 2.28. The maximum Gasteiger partial charge on any atom is 0.204 e. The average molecular weight is 376 g/mol. The second kappa shape index (κ2) is 11.4. The fraction of sp³-hybridized carbons (Fsp3) is 0.391. The Morgan fingerprint density at radius 1 is 1.04 bits per heavy atom. The van der Waals surface area contributed by atoms with Gasteiger partial charge in [-0.2, -0.15) is 8.78 Å². The Kier molecular flexibility index (Phi) is 9.55. The van der Waals surface area contributed by atoms with E-state index >= 15 is 0 Å². The summed E-state index contributed by atoms with van der Waals surface area (Å²) < 4.78 is 38.2. The molecule has 4 heteroatoms. The van der Waals surface area contributed by atoms with Crippen LogP contribution in [0, 0.1) is 23.5 Å². The standard InChI is InChI=1S/C23H30F2O2/c1-7-16(3)9-11-18(5)19(6)12-10-17(4)15-27-21-14-13-20(26-8-2)22(24)23(21)25/h7,10,12-14,16,18H,1,4,6,8-9,11,15H2,2-3,5H3/b12-10-. The highest BCUT2D eigenvalue weighted by molar-refractivity contribution is 5.35. The normalized spacial score (nSPS) is 13.2. The van der Waals surface area contributed by atoms with Gasteiger partial charge in [-0.1, -0.05) is 50.8 Å². The summed E-state index contributed by atoms with van der Waals surface area (Å²) in [7, 11) is 0. The van der Waals surface area contributed by atoms with E-state index in [9.17, 15) is 8.78 Å². The van der Waals surface area contributed by atoms with Crippen molar-refractivity contribution in [2.45, 2.75) is 33.6 Å². The zero-order valence-corrected chi connectivity index (χ0v) is 16.6. The van der Waals surface area contributed by atoms with Gasteiger partial charge in [0.1, 0.15) is 6.61 Å². The van der Waals surface area contributed by atoms with Crippen molar-refractivity contribution in [2.75, 3.05) is 13.2 Å². The van der Waals surface area contributed by atoms with Gasteiger partial charge in [-0.3, -0.25) is 0 Å². The van der Waals surface area contributed by atoms with E-state index in [1.165, 1.54) is 12.1 Å². The van der Waals surface area contributed by atoms with Crippen molar-refractivity contribution in [1.29, 1.82) is 0 Å². The largest absolute Gasteiger partial charge is 0.491 e. The summed E-state index contributed by atoms with van der Waals surface area (Å²) in [5.74, 6) is -1.58. The molecule has 0 aliphatic carbocycles. The minimum Gasteiger partial charge on any atom is -0.491 e. The number of hydrogen-bond donors (Lipinski definition) is 0. The first-order valence-electron chi connectivity index (χ1n) is 9.20. The van der Waals surface area contributed by atoms with E-state index in [-0.39, 0.29) is 24.7 Å². The molecule has 1 rings (SSSR count). The molecule has 0 spiro atoms. The Labute approximate surface area is 161 Å². The van der Waals surface area contributed by atoms with Crippen LogP contribution in [0.1, 0.15) is 33.6 Å². The zero-order chi connectivity index (χ0) is 20.4. The smallest absolute Gasteiger partial charge is 0.204 e. The van der Waals surface area contributed by atoms with Gasteiger partial charge in [0.15, 0.2) is 11.5 Å². The maximum absolute atomic E-state index is 14.0. The SMILES string of the molecule is C=CC(C)CCC(C)C(=C)/C=C\C(=C)COc1ccc(OCC)c(F)c1F. The van der Waals surface area contributed by atoms with E-state index in [2.05, 4.69) is 33.6 Å². The van der Waals surface area contributed by atoms with Gasteiger partial charge in [0.05, 0.1) is 6.61 Å². The molecule has 0 aliphatic heterocycles. The highest BCUT2D eigenvalue weighted by Gasteiger charge is 2.15. The number of halogens is 2. The van der Waals surface area contributed by atoms with Gasteiger partial charge < -0.3 is 9.47 Å². The lowest BCUT2D eigenvalue weighted by molar-refractivity contribution is 0.297. The molecule has 0 saturated carbocycles. The Balaban J connectivity index is 2.55. The first-order valence-corrected chi connectivity index (χ1v) is 9.20. The van der Waals surface area contributed by atoms with Crippen LogP contribution in [0.25, 0.3) is 0 Å². The molecule has 0 radical (unpaired) electrons. The first-order chi connectivity index (χ1) is 12.8. The Morgan fingerprint density at radius 3 is 2.19 bits per heavy atom. The second-order valence-corrected chi connectivity index (χ2v) is 6.67. The lowest BCUT2D eigenvalue weighted by Crippen LogP contribution is -2.04. The van der Waals surface area contributed by atoms with Crippen molar-refractivity contribution in [3.63, 3.8) is 0 Å². The van der Waals surface area contributed by atoms with Crippen molar-refractivity contribution in [2.24, 2.45) is 11.8 Å². The molecule has 0 N–H and O–H groups in total. The molecule has 0 fully saturated rings. The number of ether oxygens (including phenoxy) is 2. The lowest BCUT2D eigenvalue weighted by Gasteiger charge is -2.14. The molecule has 0 bridgehead atoms. The molecule has 1 aromatic carbocycles. The molecule has 2 atom stereocenters. The first kappa shape index (κ1) is 22.7. The quantitative estimate of drug-likeness (QED) is 0.300. The number of hydrogen-bond acceptors (Lipinski definition) is 2. The van der Waals surface area contributed by atoms with Crippen LogP contribution < -0.4 is 9.47 Å². The van der Waals surface area contributed by atoms with Gasteiger partial charge in [-0.25, -0.2) is 0 Å². The van der Waals surface area contributed by atoms with Gasteiger partial charge >= 0.3 is 0 Å². The van der Waals surface area contributed by atoms with Crippen molar-refractivity contribution in [3.8, 4) is 11.5 Å². The summed E-state index contributed by atoms with van der Waals surface area (Å²) in [6.45, 7) is 18.0. The fourth-order valence-corrected chi connectivity index (χ4v) is 2.32. The lowest BCUT2D eigenvalue weighted by atomic mass is 9.92. The molecule has 0 aliphatic rings. The second-order valence-electron chi connectivity index (χ2n) is 6.67. The Hall–Kier alpha value is -2.36. The predicted molar refractivity (Wildman–Crippen MR) is 108 cm³/mol. The Morgan fingerprint density at radius 2 is 1.63 bits per heavy atom. The molecule has 1 aromatic rings. The molecule has 0 amide bonds. The number of allylic oxidation sites excluding steroid dienone is 3. The van der Waals surface area contributed by atoms with E-state index in [0.717, 1.165) is 18.4 Å². The van der Waals surface area contributed by atoms with E-state index in [1.54, 1.807) is 13.0 Å². The Bertz CT molecular complexity index is 692. The monoisotopic (exact) mass is 376 g/mol. The zero-order valence-electron chi connectivity index (χ0n) is 16.6. The highest BCUT2D eigenvalue weighted by atomic mass is 19.2. The minimum absolute atomic E-state index is 0.0516. The van der Waals surface area contributed by atoms with Gasteiger partial charge in [0, 0.05) is 0 Å². The average Bonchev–Trinajstić information content (AvgIpc) is 2.66. The van der Waals surface area contributed by atoms with E-state index in [1.807, 2.05) is 12.2 Å². The van der Waals surface area contributed by atoms with Gasteiger partial charge in [-0.05, 0) is 49.3 Å². The van der Waals surface area contributed by atoms with Crippen LogP contribution >= 0.6 is 0 Å². The van der Waals surface area contributed by atoms with Crippen LogP contribution in [-0.4, -0.2) is 13.2 Å². The molecular weight excluding hydrogens is 346 g/mol. The van der Waals surface area contributed by atoms with Crippen LogP contribution in [-0.2, 0) is 0 Å². The van der Waals surface area contributed by atoms with Crippen molar-refractivity contribution < 1.29 is 18.3 Å². The summed E-state index contributed by atoms with van der Waals surface area (Å²) in [6.07, 6.45) is 7.72. The molecular formula is C23H30F2O2. The third-order valence-corrected chi connectivity index (χ3v) is 4.35. The third kappa shape index (κ3) is 7.41. The summed E-state index contributed by atoms with van der Waals surface area (Å²) in [5.41, 5.74) is 1.63. The van der Waals surface area contributed by atoms with E-state index < -0.39 is 11.6 Å². The summed E-state index contributed by atoms with van der Waals surface area (Å²) in [4.78, 5) is 0. The predicted octanol–water partition coefficient (Wildman–Crippen LogP) is 6.65. The van der Waals surface area contributed by atoms with Crippen LogP contribution in [0.4, 0.5) is 8.78 Å².